The number of nitrogens with zero attached hydrogens (tertiary/aromatic N) is 1. The molecule has 0 aliphatic heterocycles. The highest BCUT2D eigenvalue weighted by Gasteiger charge is 2.47. The normalized spacial score (nSPS) is 15.9. The van der Waals surface area contributed by atoms with Gasteiger partial charge in [0.05, 0.1) is 14.2 Å². The summed E-state index contributed by atoms with van der Waals surface area (Å²) in [5.41, 5.74) is 1.46. The van der Waals surface area contributed by atoms with Crippen molar-refractivity contribution in [3.05, 3.63) is 23.3 Å². The first kappa shape index (κ1) is 11.7. The largest absolute Gasteiger partial charge is 0.497 e. The summed E-state index contributed by atoms with van der Waals surface area (Å²) in [4.78, 5) is 14.4. The van der Waals surface area contributed by atoms with E-state index in [1.807, 2.05) is 19.1 Å². The quantitative estimate of drug-likeness (QED) is 0.592. The molecule has 0 atom stereocenters. The second-order valence-corrected chi connectivity index (χ2v) is 4.26. The van der Waals surface area contributed by atoms with Crippen molar-refractivity contribution >= 4 is 6.08 Å². The van der Waals surface area contributed by atoms with E-state index in [4.69, 9.17) is 9.47 Å². The summed E-state index contributed by atoms with van der Waals surface area (Å²) < 4.78 is 10.6. The predicted molar refractivity (Wildman–Crippen MR) is 63.3 cm³/mol. The molecule has 17 heavy (non-hydrogen) atoms. The van der Waals surface area contributed by atoms with E-state index in [2.05, 4.69) is 4.99 Å². The van der Waals surface area contributed by atoms with Crippen LogP contribution in [0.2, 0.25) is 0 Å². The van der Waals surface area contributed by atoms with Gasteiger partial charge in [-0.25, -0.2) is 4.79 Å². The van der Waals surface area contributed by atoms with Gasteiger partial charge in [-0.1, -0.05) is 0 Å². The number of carbonyl (C=O) groups excluding carboxylic acids is 1. The van der Waals surface area contributed by atoms with E-state index in [1.165, 1.54) is 0 Å². The van der Waals surface area contributed by atoms with Crippen molar-refractivity contribution < 1.29 is 14.3 Å². The van der Waals surface area contributed by atoms with Crippen LogP contribution in [-0.4, -0.2) is 20.3 Å². The minimum atomic E-state index is -0.438. The molecule has 0 aromatic heterocycles. The van der Waals surface area contributed by atoms with E-state index >= 15 is 0 Å². The van der Waals surface area contributed by atoms with Crippen molar-refractivity contribution in [1.82, 2.24) is 0 Å². The number of aliphatic imine (C=N–C) groups is 1. The SMILES string of the molecule is COc1cc(C)c(OC)c(C2(N=C=O)CC2)c1. The van der Waals surface area contributed by atoms with Crippen molar-refractivity contribution in [2.24, 2.45) is 4.99 Å². The smallest absolute Gasteiger partial charge is 0.235 e. The lowest BCUT2D eigenvalue weighted by Crippen LogP contribution is -2.07. The van der Waals surface area contributed by atoms with Crippen LogP contribution in [0.5, 0.6) is 11.5 Å². The molecule has 0 amide bonds. The van der Waals surface area contributed by atoms with Crippen molar-refractivity contribution in [2.75, 3.05) is 14.2 Å². The molecule has 2 rings (SSSR count). The van der Waals surface area contributed by atoms with Gasteiger partial charge in [-0.15, -0.1) is 0 Å². The third kappa shape index (κ3) is 1.92. The Morgan fingerprint density at radius 1 is 1.29 bits per heavy atom. The fourth-order valence-electron chi connectivity index (χ4n) is 2.12. The Kier molecular flexibility index (Phi) is 2.90. The zero-order chi connectivity index (χ0) is 12.5. The molecule has 0 spiro atoms. The van der Waals surface area contributed by atoms with Gasteiger partial charge in [-0.2, -0.15) is 4.99 Å². The van der Waals surface area contributed by atoms with Crippen LogP contribution < -0.4 is 9.47 Å². The van der Waals surface area contributed by atoms with Gasteiger partial charge in [-0.3, -0.25) is 0 Å². The van der Waals surface area contributed by atoms with Crippen LogP contribution in [0.15, 0.2) is 17.1 Å². The van der Waals surface area contributed by atoms with Gasteiger partial charge in [0.1, 0.15) is 17.0 Å². The van der Waals surface area contributed by atoms with E-state index in [9.17, 15) is 4.79 Å². The van der Waals surface area contributed by atoms with Crippen LogP contribution in [-0.2, 0) is 10.3 Å². The molecular formula is C13H15NO3. The molecule has 1 aliphatic carbocycles. The summed E-state index contributed by atoms with van der Waals surface area (Å²) in [7, 11) is 3.24. The highest BCUT2D eigenvalue weighted by atomic mass is 16.5. The minimum absolute atomic E-state index is 0.438. The van der Waals surface area contributed by atoms with Gasteiger partial charge in [0.25, 0.3) is 0 Å². The zero-order valence-electron chi connectivity index (χ0n) is 10.2. The lowest BCUT2D eigenvalue weighted by atomic mass is 10.0. The van der Waals surface area contributed by atoms with Crippen molar-refractivity contribution in [1.29, 1.82) is 0 Å². The molecule has 90 valence electrons. The van der Waals surface area contributed by atoms with Crippen LogP contribution in [0, 0.1) is 6.92 Å². The third-order valence-electron chi connectivity index (χ3n) is 3.17. The molecule has 1 aromatic carbocycles. The number of isocyanates is 1. The third-order valence-corrected chi connectivity index (χ3v) is 3.17. The van der Waals surface area contributed by atoms with Crippen LogP contribution in [0.3, 0.4) is 0 Å². The van der Waals surface area contributed by atoms with E-state index < -0.39 is 5.54 Å². The Labute approximate surface area is 100 Å². The van der Waals surface area contributed by atoms with Gasteiger partial charge >= 0.3 is 0 Å². The second-order valence-electron chi connectivity index (χ2n) is 4.26. The summed E-state index contributed by atoms with van der Waals surface area (Å²) in [6.45, 7) is 1.95. The van der Waals surface area contributed by atoms with E-state index in [1.54, 1.807) is 20.3 Å². The predicted octanol–water partition coefficient (Wildman–Crippen LogP) is 2.34. The van der Waals surface area contributed by atoms with Gasteiger partial charge in [0.15, 0.2) is 0 Å². The average Bonchev–Trinajstić information content (AvgIpc) is 3.09. The first-order valence-corrected chi connectivity index (χ1v) is 5.49. The molecule has 0 N–H and O–H groups in total. The Morgan fingerprint density at radius 2 is 2.00 bits per heavy atom. The lowest BCUT2D eigenvalue weighted by Gasteiger charge is -2.17. The number of benzene rings is 1. The molecule has 0 saturated heterocycles. The zero-order valence-corrected chi connectivity index (χ0v) is 10.2. The molecule has 1 aromatic rings. The highest BCUT2D eigenvalue weighted by molar-refractivity contribution is 5.53. The summed E-state index contributed by atoms with van der Waals surface area (Å²) in [5.74, 6) is 1.54. The lowest BCUT2D eigenvalue weighted by molar-refractivity contribution is 0.391. The topological polar surface area (TPSA) is 47.9 Å². The van der Waals surface area contributed by atoms with Crippen LogP contribution >= 0.6 is 0 Å². The maximum Gasteiger partial charge on any atom is 0.235 e. The van der Waals surface area contributed by atoms with Gasteiger partial charge < -0.3 is 9.47 Å². The summed E-state index contributed by atoms with van der Waals surface area (Å²) >= 11 is 0. The maximum atomic E-state index is 10.5. The Bertz CT molecular complexity index is 486. The molecule has 4 heteroatoms. The van der Waals surface area contributed by atoms with Gasteiger partial charge in [0.2, 0.25) is 6.08 Å². The fourth-order valence-corrected chi connectivity index (χ4v) is 2.12. The molecule has 0 radical (unpaired) electrons. The summed E-state index contributed by atoms with van der Waals surface area (Å²) in [6, 6.07) is 3.79. The minimum Gasteiger partial charge on any atom is -0.497 e. The van der Waals surface area contributed by atoms with E-state index in [0.29, 0.717) is 0 Å². The first-order chi connectivity index (χ1) is 8.16. The van der Waals surface area contributed by atoms with Gasteiger partial charge in [-0.05, 0) is 37.5 Å². The number of methoxy groups -OCH3 is 2. The first-order valence-electron chi connectivity index (χ1n) is 5.49. The molecule has 1 saturated carbocycles. The average molecular weight is 233 g/mol. The molecule has 1 fully saturated rings. The fraction of sp³-hybridized carbons (Fsp3) is 0.462. The monoisotopic (exact) mass is 233 g/mol. The van der Waals surface area contributed by atoms with Crippen molar-refractivity contribution in [2.45, 2.75) is 25.3 Å². The summed E-state index contributed by atoms with van der Waals surface area (Å²) in [6.07, 6.45) is 3.36. The standard InChI is InChI=1S/C13H15NO3/c1-9-6-10(16-2)7-11(12(9)17-3)13(4-5-13)14-8-15/h6-7H,4-5H2,1-3H3. The van der Waals surface area contributed by atoms with E-state index in [-0.39, 0.29) is 0 Å². The number of hydrogen-bond acceptors (Lipinski definition) is 4. The molecule has 0 heterocycles. The molecule has 1 aliphatic rings. The van der Waals surface area contributed by atoms with Crippen LogP contribution in [0.4, 0.5) is 0 Å². The van der Waals surface area contributed by atoms with Crippen molar-refractivity contribution in [3.63, 3.8) is 0 Å². The highest BCUT2D eigenvalue weighted by Crippen LogP contribution is 2.53. The van der Waals surface area contributed by atoms with Crippen molar-refractivity contribution in [3.8, 4) is 11.5 Å². The number of rotatable bonds is 4. The van der Waals surface area contributed by atoms with Gasteiger partial charge in [0, 0.05) is 5.56 Å². The van der Waals surface area contributed by atoms with E-state index in [0.717, 1.165) is 35.5 Å². The Morgan fingerprint density at radius 3 is 2.47 bits per heavy atom. The maximum absolute atomic E-state index is 10.5. The summed E-state index contributed by atoms with van der Waals surface area (Å²) in [5, 5.41) is 0. The molecule has 4 nitrogen and oxygen atoms in total. The molecule has 0 bridgehead atoms. The van der Waals surface area contributed by atoms with Crippen LogP contribution in [0.25, 0.3) is 0 Å². The van der Waals surface area contributed by atoms with Crippen LogP contribution in [0.1, 0.15) is 24.0 Å². The molecular weight excluding hydrogens is 218 g/mol. The number of ether oxygens (including phenoxy) is 2. The number of aryl methyl sites for hydroxylation is 1. The Balaban J connectivity index is 2.58. The molecule has 0 unspecified atom stereocenters. The second kappa shape index (κ2) is 4.22. The Hall–Kier alpha value is -1.80. The number of hydrogen-bond donors (Lipinski definition) is 0.